The van der Waals surface area contributed by atoms with Gasteiger partial charge < -0.3 is 4.57 Å². The molecule has 5 nitrogen and oxygen atoms in total. The van der Waals surface area contributed by atoms with Crippen LogP contribution < -0.4 is 0 Å². The molecule has 0 saturated carbocycles. The SMILES string of the molecule is c1ccc(-n2c3ccccc3c3c(-c4nc(-c5ccc6ccccc6c5)nc(-c5ccc6c(ccc7c8cccnc8sc67)c5)n4)cccc32)cc1. The molecule has 7 aromatic carbocycles. The van der Waals surface area contributed by atoms with Crippen LogP contribution in [0.25, 0.3) is 104 Å². The van der Waals surface area contributed by atoms with Crippen molar-refractivity contribution < 1.29 is 0 Å². The van der Waals surface area contributed by atoms with E-state index in [1.165, 1.54) is 26.2 Å². The first-order valence-corrected chi connectivity index (χ1v) is 18.1. The number of pyridine rings is 1. The maximum absolute atomic E-state index is 5.27. The van der Waals surface area contributed by atoms with E-state index in [1.807, 2.05) is 12.3 Å². The van der Waals surface area contributed by atoms with Crippen molar-refractivity contribution in [1.29, 1.82) is 0 Å². The molecular weight excluding hydrogens is 655 g/mol. The average molecular weight is 682 g/mol. The molecule has 242 valence electrons. The molecule has 0 saturated heterocycles. The first kappa shape index (κ1) is 29.0. The second kappa shape index (κ2) is 11.4. The molecule has 0 aliphatic carbocycles. The Hall–Kier alpha value is -6.76. The highest BCUT2D eigenvalue weighted by Gasteiger charge is 2.20. The predicted molar refractivity (Wildman–Crippen MR) is 216 cm³/mol. The molecular formula is C46H27N5S. The number of rotatable bonds is 4. The minimum atomic E-state index is 0.636. The van der Waals surface area contributed by atoms with Crippen molar-refractivity contribution in [2.75, 3.05) is 0 Å². The Bertz CT molecular complexity index is 3200. The van der Waals surface area contributed by atoms with Crippen LogP contribution in [-0.2, 0) is 0 Å². The standard InChI is InChI=1S/C46H27N5S/c1-2-12-33(13-3-1)51-39-17-7-6-14-37(39)41-38(15-8-18-40(41)51)45-49-43(31-20-19-28-10-4-5-11-29(28)26-31)48-44(50-45)32-22-23-34-30(27-32)21-24-35-36-16-9-25-47-46(36)52-42(34)35/h1-27H. The van der Waals surface area contributed by atoms with Gasteiger partial charge in [0.2, 0.25) is 0 Å². The Morgan fingerprint density at radius 3 is 2.00 bits per heavy atom. The van der Waals surface area contributed by atoms with Crippen LogP contribution >= 0.6 is 11.3 Å². The molecule has 0 bridgehead atoms. The van der Waals surface area contributed by atoms with E-state index in [-0.39, 0.29) is 0 Å². The molecule has 0 radical (unpaired) electrons. The van der Waals surface area contributed by atoms with E-state index in [1.54, 1.807) is 11.3 Å². The lowest BCUT2D eigenvalue weighted by Crippen LogP contribution is -2.01. The van der Waals surface area contributed by atoms with Crippen LogP contribution in [0.2, 0.25) is 0 Å². The second-order valence-corrected chi connectivity index (χ2v) is 14.1. The third-order valence-electron chi connectivity index (χ3n) is 10.1. The van der Waals surface area contributed by atoms with E-state index in [0.717, 1.165) is 59.8 Å². The average Bonchev–Trinajstić information content (AvgIpc) is 3.77. The maximum atomic E-state index is 5.27. The fourth-order valence-electron chi connectivity index (χ4n) is 7.68. The number of fused-ring (bicyclic) bond motifs is 9. The molecule has 0 spiro atoms. The Labute approximate surface area is 302 Å². The smallest absolute Gasteiger partial charge is 0.164 e. The predicted octanol–water partition coefficient (Wildman–Crippen LogP) is 12.0. The Morgan fingerprint density at radius 1 is 0.442 bits per heavy atom. The largest absolute Gasteiger partial charge is 0.309 e. The summed E-state index contributed by atoms with van der Waals surface area (Å²) in [5.74, 6) is 1.92. The van der Waals surface area contributed by atoms with Gasteiger partial charge in [-0.3, -0.25) is 0 Å². The van der Waals surface area contributed by atoms with E-state index in [0.29, 0.717) is 17.5 Å². The molecule has 52 heavy (non-hydrogen) atoms. The molecule has 4 heterocycles. The van der Waals surface area contributed by atoms with Crippen molar-refractivity contribution in [2.24, 2.45) is 0 Å². The van der Waals surface area contributed by atoms with Crippen LogP contribution in [-0.4, -0.2) is 24.5 Å². The summed E-state index contributed by atoms with van der Waals surface area (Å²) < 4.78 is 3.57. The highest BCUT2D eigenvalue weighted by atomic mass is 32.1. The van der Waals surface area contributed by atoms with Crippen LogP contribution in [0.1, 0.15) is 0 Å². The van der Waals surface area contributed by atoms with E-state index in [2.05, 4.69) is 161 Å². The van der Waals surface area contributed by atoms with E-state index in [9.17, 15) is 0 Å². The first-order valence-electron chi connectivity index (χ1n) is 17.3. The summed E-state index contributed by atoms with van der Waals surface area (Å²) in [6, 6.07) is 55.5. The third kappa shape index (κ3) is 4.48. The van der Waals surface area contributed by atoms with Gasteiger partial charge in [0.15, 0.2) is 17.5 Å². The van der Waals surface area contributed by atoms with Gasteiger partial charge in [-0.2, -0.15) is 0 Å². The van der Waals surface area contributed by atoms with Gasteiger partial charge in [-0.25, -0.2) is 19.9 Å². The minimum absolute atomic E-state index is 0.636. The summed E-state index contributed by atoms with van der Waals surface area (Å²) in [5.41, 5.74) is 6.20. The Morgan fingerprint density at radius 2 is 1.12 bits per heavy atom. The quantitative estimate of drug-likeness (QED) is 0.185. The van der Waals surface area contributed by atoms with Gasteiger partial charge in [0.1, 0.15) is 4.83 Å². The van der Waals surface area contributed by atoms with Gasteiger partial charge in [-0.15, -0.1) is 11.3 Å². The molecule has 0 aliphatic heterocycles. The van der Waals surface area contributed by atoms with E-state index in [4.69, 9.17) is 15.0 Å². The minimum Gasteiger partial charge on any atom is -0.309 e. The topological polar surface area (TPSA) is 56.5 Å². The van der Waals surface area contributed by atoms with Crippen molar-refractivity contribution in [2.45, 2.75) is 0 Å². The van der Waals surface area contributed by atoms with Crippen LogP contribution in [0, 0.1) is 0 Å². The summed E-state index contributed by atoms with van der Waals surface area (Å²) in [7, 11) is 0. The lowest BCUT2D eigenvalue weighted by atomic mass is 10.0. The Balaban J connectivity index is 1.16. The van der Waals surface area contributed by atoms with Crippen molar-refractivity contribution in [3.63, 3.8) is 0 Å². The van der Waals surface area contributed by atoms with Gasteiger partial charge in [-0.1, -0.05) is 109 Å². The monoisotopic (exact) mass is 681 g/mol. The first-order chi connectivity index (χ1) is 25.8. The summed E-state index contributed by atoms with van der Waals surface area (Å²) >= 11 is 1.74. The normalized spacial score (nSPS) is 11.8. The summed E-state index contributed by atoms with van der Waals surface area (Å²) in [6.07, 6.45) is 1.86. The number of nitrogens with zero attached hydrogens (tertiary/aromatic N) is 5. The fraction of sp³-hybridized carbons (Fsp3) is 0. The molecule has 0 atom stereocenters. The van der Waals surface area contributed by atoms with Crippen molar-refractivity contribution in [3.8, 4) is 39.9 Å². The van der Waals surface area contributed by atoms with Crippen LogP contribution in [0.4, 0.5) is 0 Å². The molecule has 0 aliphatic rings. The molecule has 4 aromatic heterocycles. The van der Waals surface area contributed by atoms with Gasteiger partial charge in [0, 0.05) is 54.8 Å². The Kier molecular flexibility index (Phi) is 6.35. The lowest BCUT2D eigenvalue weighted by molar-refractivity contribution is 1.08. The molecule has 11 rings (SSSR count). The molecule has 6 heteroatoms. The summed E-state index contributed by atoms with van der Waals surface area (Å²) in [4.78, 5) is 21.4. The fourth-order valence-corrected chi connectivity index (χ4v) is 8.86. The number of hydrogen-bond donors (Lipinski definition) is 0. The lowest BCUT2D eigenvalue weighted by Gasteiger charge is -2.11. The molecule has 0 amide bonds. The zero-order valence-electron chi connectivity index (χ0n) is 27.7. The number of para-hydroxylation sites is 2. The zero-order chi connectivity index (χ0) is 34.2. The van der Waals surface area contributed by atoms with Crippen LogP contribution in [0.3, 0.4) is 0 Å². The number of benzene rings is 7. The summed E-state index contributed by atoms with van der Waals surface area (Å²) in [5, 5.41) is 9.35. The molecule has 0 unspecified atom stereocenters. The molecule has 0 fully saturated rings. The second-order valence-electron chi connectivity index (χ2n) is 13.1. The van der Waals surface area contributed by atoms with Crippen LogP contribution in [0.5, 0.6) is 0 Å². The van der Waals surface area contributed by atoms with Gasteiger partial charge >= 0.3 is 0 Å². The molecule has 11 aromatic rings. The number of aromatic nitrogens is 5. The van der Waals surface area contributed by atoms with Crippen LogP contribution in [0.15, 0.2) is 164 Å². The van der Waals surface area contributed by atoms with E-state index >= 15 is 0 Å². The highest BCUT2D eigenvalue weighted by Crippen LogP contribution is 2.40. The van der Waals surface area contributed by atoms with Gasteiger partial charge in [0.25, 0.3) is 0 Å². The van der Waals surface area contributed by atoms with Gasteiger partial charge in [0.05, 0.1) is 11.0 Å². The third-order valence-corrected chi connectivity index (χ3v) is 11.2. The summed E-state index contributed by atoms with van der Waals surface area (Å²) in [6.45, 7) is 0. The van der Waals surface area contributed by atoms with Crippen molar-refractivity contribution in [1.82, 2.24) is 24.5 Å². The number of hydrogen-bond acceptors (Lipinski definition) is 5. The zero-order valence-corrected chi connectivity index (χ0v) is 28.5. The van der Waals surface area contributed by atoms with Gasteiger partial charge in [-0.05, 0) is 70.1 Å². The maximum Gasteiger partial charge on any atom is 0.164 e. The van der Waals surface area contributed by atoms with Crippen molar-refractivity contribution >= 4 is 75.0 Å². The number of thiophene rings is 1. The highest BCUT2D eigenvalue weighted by molar-refractivity contribution is 7.26. The van der Waals surface area contributed by atoms with Crippen molar-refractivity contribution in [3.05, 3.63) is 164 Å². The van der Waals surface area contributed by atoms with E-state index < -0.39 is 0 Å². The molecule has 0 N–H and O–H groups in total.